The van der Waals surface area contributed by atoms with Gasteiger partial charge in [0.1, 0.15) is 0 Å². The largest absolute Gasteiger partial charge is 0.198 e. The number of nitrogens with zero attached hydrogens (tertiary/aromatic N) is 2. The molecule has 0 aromatic rings. The van der Waals surface area contributed by atoms with Gasteiger partial charge in [0.15, 0.2) is 0 Å². The molecule has 0 amide bonds. The molecule has 0 aromatic carbocycles. The van der Waals surface area contributed by atoms with Gasteiger partial charge in [-0.2, -0.15) is 10.5 Å². The van der Waals surface area contributed by atoms with E-state index in [2.05, 4.69) is 12.1 Å². The predicted molar refractivity (Wildman–Crippen MR) is 43.5 cm³/mol. The van der Waals surface area contributed by atoms with Crippen LogP contribution in [-0.4, -0.2) is 0 Å². The van der Waals surface area contributed by atoms with E-state index in [1.54, 1.807) is 0 Å². The van der Waals surface area contributed by atoms with E-state index in [9.17, 15) is 0 Å². The quantitative estimate of drug-likeness (QED) is 0.444. The van der Waals surface area contributed by atoms with Gasteiger partial charge >= 0.3 is 0 Å². The molecule has 0 atom stereocenters. The zero-order valence-electron chi connectivity index (χ0n) is 6.58. The van der Waals surface area contributed by atoms with Crippen molar-refractivity contribution in [3.05, 3.63) is 12.2 Å². The second-order valence-corrected chi connectivity index (χ2v) is 2.22. The van der Waals surface area contributed by atoms with E-state index in [0.717, 1.165) is 19.3 Å². The van der Waals surface area contributed by atoms with Gasteiger partial charge in [0, 0.05) is 12.8 Å². The monoisotopic (exact) mass is 148 g/mol. The normalized spacial score (nSPS) is 9.27. The summed E-state index contributed by atoms with van der Waals surface area (Å²) in [6.45, 7) is 0. The molecular weight excluding hydrogens is 136 g/mol. The lowest BCUT2D eigenvalue weighted by atomic mass is 10.2. The van der Waals surface area contributed by atoms with Crippen LogP contribution >= 0.6 is 0 Å². The Morgan fingerprint density at radius 1 is 0.909 bits per heavy atom. The highest BCUT2D eigenvalue weighted by Crippen LogP contribution is 1.97. The molecule has 0 saturated carbocycles. The van der Waals surface area contributed by atoms with Gasteiger partial charge in [0.05, 0.1) is 12.1 Å². The zero-order chi connectivity index (χ0) is 8.36. The standard InChI is InChI=1S/C9H12N2/c10-8-6-4-2-1-3-5-7-9-11/h1-2H,3-7H2/b2-1+. The highest BCUT2D eigenvalue weighted by molar-refractivity contribution is 4.86. The third-order valence-corrected chi connectivity index (χ3v) is 1.25. The second kappa shape index (κ2) is 8.72. The first-order valence-corrected chi connectivity index (χ1v) is 3.80. The van der Waals surface area contributed by atoms with Gasteiger partial charge < -0.3 is 0 Å². The maximum absolute atomic E-state index is 8.19. The van der Waals surface area contributed by atoms with Crippen LogP contribution in [0, 0.1) is 22.7 Å². The van der Waals surface area contributed by atoms with E-state index in [4.69, 9.17) is 10.5 Å². The second-order valence-electron chi connectivity index (χ2n) is 2.22. The Hall–Kier alpha value is -1.28. The average molecular weight is 148 g/mol. The van der Waals surface area contributed by atoms with Crippen molar-refractivity contribution in [2.45, 2.75) is 32.1 Å². The van der Waals surface area contributed by atoms with E-state index in [1.807, 2.05) is 12.2 Å². The van der Waals surface area contributed by atoms with Gasteiger partial charge in [-0.1, -0.05) is 12.2 Å². The molecule has 0 aliphatic heterocycles. The Morgan fingerprint density at radius 2 is 1.55 bits per heavy atom. The maximum atomic E-state index is 8.19. The molecule has 0 aliphatic rings. The topological polar surface area (TPSA) is 47.6 Å². The van der Waals surface area contributed by atoms with E-state index < -0.39 is 0 Å². The van der Waals surface area contributed by atoms with E-state index >= 15 is 0 Å². The minimum absolute atomic E-state index is 0.592. The van der Waals surface area contributed by atoms with Crippen molar-refractivity contribution in [3.8, 4) is 12.1 Å². The predicted octanol–water partition coefficient (Wildman–Crippen LogP) is 2.54. The Kier molecular flexibility index (Phi) is 7.71. The molecule has 0 unspecified atom stereocenters. The summed E-state index contributed by atoms with van der Waals surface area (Å²) < 4.78 is 0. The van der Waals surface area contributed by atoms with Crippen molar-refractivity contribution in [2.75, 3.05) is 0 Å². The molecule has 0 rings (SSSR count). The fourth-order valence-electron chi connectivity index (χ4n) is 0.683. The summed E-state index contributed by atoms with van der Waals surface area (Å²) in [5.74, 6) is 0. The number of nitriles is 2. The van der Waals surface area contributed by atoms with Gasteiger partial charge in [-0.15, -0.1) is 0 Å². The number of allylic oxidation sites excluding steroid dienone is 2. The van der Waals surface area contributed by atoms with Crippen LogP contribution < -0.4 is 0 Å². The number of rotatable bonds is 5. The first kappa shape index (κ1) is 9.72. The summed E-state index contributed by atoms with van der Waals surface area (Å²) in [5, 5.41) is 16.4. The average Bonchev–Trinajstić information content (AvgIpc) is 2.03. The van der Waals surface area contributed by atoms with Crippen LogP contribution in [0.3, 0.4) is 0 Å². The fraction of sp³-hybridized carbons (Fsp3) is 0.556. The van der Waals surface area contributed by atoms with Crippen molar-refractivity contribution in [1.29, 1.82) is 10.5 Å². The molecule has 0 heterocycles. The highest BCUT2D eigenvalue weighted by atomic mass is 14.2. The summed E-state index contributed by atoms with van der Waals surface area (Å²) in [6, 6.07) is 4.15. The van der Waals surface area contributed by atoms with E-state index in [0.29, 0.717) is 12.8 Å². The Balaban J connectivity index is 3.06. The molecular formula is C9H12N2. The van der Waals surface area contributed by atoms with Crippen LogP contribution in [0.15, 0.2) is 12.2 Å². The lowest BCUT2D eigenvalue weighted by molar-refractivity contribution is 0.871. The molecule has 0 fully saturated rings. The van der Waals surface area contributed by atoms with Gasteiger partial charge in [0.25, 0.3) is 0 Å². The third kappa shape index (κ3) is 8.72. The Bertz CT molecular complexity index is 181. The molecule has 2 nitrogen and oxygen atoms in total. The SMILES string of the molecule is N#CCC/C=C/CCCC#N. The molecule has 2 heteroatoms. The molecule has 0 aliphatic carbocycles. The van der Waals surface area contributed by atoms with Gasteiger partial charge in [-0.3, -0.25) is 0 Å². The van der Waals surface area contributed by atoms with Gasteiger partial charge in [0.2, 0.25) is 0 Å². The molecule has 0 aromatic heterocycles. The molecule has 58 valence electrons. The van der Waals surface area contributed by atoms with E-state index in [-0.39, 0.29) is 0 Å². The fourth-order valence-corrected chi connectivity index (χ4v) is 0.683. The smallest absolute Gasteiger partial charge is 0.0624 e. The third-order valence-electron chi connectivity index (χ3n) is 1.25. The first-order valence-electron chi connectivity index (χ1n) is 3.80. The minimum atomic E-state index is 0.592. The van der Waals surface area contributed by atoms with Gasteiger partial charge in [-0.25, -0.2) is 0 Å². The van der Waals surface area contributed by atoms with Gasteiger partial charge in [-0.05, 0) is 19.3 Å². The maximum Gasteiger partial charge on any atom is 0.0624 e. The van der Waals surface area contributed by atoms with Crippen LogP contribution in [0.5, 0.6) is 0 Å². The summed E-state index contributed by atoms with van der Waals surface area (Å²) >= 11 is 0. The molecule has 0 radical (unpaired) electrons. The minimum Gasteiger partial charge on any atom is -0.198 e. The summed E-state index contributed by atoms with van der Waals surface area (Å²) in [4.78, 5) is 0. The summed E-state index contributed by atoms with van der Waals surface area (Å²) in [6.07, 6.45) is 7.98. The van der Waals surface area contributed by atoms with Crippen LogP contribution in [0.25, 0.3) is 0 Å². The Morgan fingerprint density at radius 3 is 2.18 bits per heavy atom. The van der Waals surface area contributed by atoms with Crippen LogP contribution in [0.1, 0.15) is 32.1 Å². The van der Waals surface area contributed by atoms with Crippen molar-refractivity contribution >= 4 is 0 Å². The lowest BCUT2D eigenvalue weighted by Crippen LogP contribution is -1.69. The highest BCUT2D eigenvalue weighted by Gasteiger charge is 1.81. The van der Waals surface area contributed by atoms with Crippen molar-refractivity contribution in [3.63, 3.8) is 0 Å². The zero-order valence-corrected chi connectivity index (χ0v) is 6.58. The molecule has 0 saturated heterocycles. The van der Waals surface area contributed by atoms with E-state index in [1.165, 1.54) is 0 Å². The van der Waals surface area contributed by atoms with Crippen molar-refractivity contribution < 1.29 is 0 Å². The summed E-state index contributed by atoms with van der Waals surface area (Å²) in [7, 11) is 0. The summed E-state index contributed by atoms with van der Waals surface area (Å²) in [5.41, 5.74) is 0. The molecule has 11 heavy (non-hydrogen) atoms. The van der Waals surface area contributed by atoms with Crippen LogP contribution in [0.4, 0.5) is 0 Å². The molecule has 0 spiro atoms. The first-order chi connectivity index (χ1) is 5.41. The van der Waals surface area contributed by atoms with Crippen molar-refractivity contribution in [1.82, 2.24) is 0 Å². The molecule has 0 N–H and O–H groups in total. The number of hydrogen-bond donors (Lipinski definition) is 0. The van der Waals surface area contributed by atoms with Crippen LogP contribution in [-0.2, 0) is 0 Å². The Labute approximate surface area is 67.8 Å². The number of hydrogen-bond acceptors (Lipinski definition) is 2. The van der Waals surface area contributed by atoms with Crippen molar-refractivity contribution in [2.24, 2.45) is 0 Å². The van der Waals surface area contributed by atoms with Crippen LogP contribution in [0.2, 0.25) is 0 Å². The lowest BCUT2D eigenvalue weighted by Gasteiger charge is -1.85. The molecule has 0 bridgehead atoms. The number of unbranched alkanes of at least 4 members (excludes halogenated alkanes) is 3.